The summed E-state index contributed by atoms with van der Waals surface area (Å²) in [4.78, 5) is 29.0. The van der Waals surface area contributed by atoms with E-state index in [0.29, 0.717) is 119 Å². The summed E-state index contributed by atoms with van der Waals surface area (Å²) in [6.45, 7) is 17.0. The van der Waals surface area contributed by atoms with Crippen LogP contribution in [0, 0.1) is 0 Å². The van der Waals surface area contributed by atoms with Gasteiger partial charge in [0, 0.05) is 52.3 Å². The lowest BCUT2D eigenvalue weighted by molar-refractivity contribution is 0.501. The summed E-state index contributed by atoms with van der Waals surface area (Å²) in [5, 5.41) is 0. The van der Waals surface area contributed by atoms with Gasteiger partial charge < -0.3 is 26.5 Å². The van der Waals surface area contributed by atoms with Crippen molar-refractivity contribution in [3.05, 3.63) is 95.7 Å². The third kappa shape index (κ3) is 6.04. The average Bonchev–Trinajstić information content (AvgIpc) is 4.08. The number of hydrogen-bond donors (Lipinski definition) is 0. The molecule has 6 aromatic heterocycles. The van der Waals surface area contributed by atoms with Crippen molar-refractivity contribution in [1.29, 1.82) is 0 Å². The summed E-state index contributed by atoms with van der Waals surface area (Å²) in [7, 11) is 0. The maximum absolute atomic E-state index is 6.48. The lowest BCUT2D eigenvalue weighted by Crippen LogP contribution is -1.95. The van der Waals surface area contributed by atoms with Crippen molar-refractivity contribution in [2.45, 2.75) is 79.1 Å². The van der Waals surface area contributed by atoms with Crippen LogP contribution in [0.15, 0.2) is 99.3 Å². The van der Waals surface area contributed by atoms with Gasteiger partial charge in [0.2, 0.25) is 23.6 Å². The molecule has 0 saturated heterocycles. The highest BCUT2D eigenvalue weighted by Crippen LogP contribution is 2.39. The number of rotatable bonds is 8. The van der Waals surface area contributed by atoms with E-state index in [-0.39, 0.29) is 11.8 Å². The van der Waals surface area contributed by atoms with Crippen molar-refractivity contribution < 1.29 is 26.5 Å². The second kappa shape index (κ2) is 13.2. The third-order valence-corrected chi connectivity index (χ3v) is 10.9. The Bertz CT molecular complexity index is 3160. The summed E-state index contributed by atoms with van der Waals surface area (Å²) in [5.74, 6) is 4.07. The fourth-order valence-corrected chi connectivity index (χ4v) is 7.54. The van der Waals surface area contributed by atoms with E-state index in [9.17, 15) is 0 Å². The molecule has 60 heavy (non-hydrogen) atoms. The van der Waals surface area contributed by atoms with Gasteiger partial charge in [-0.05, 0) is 71.5 Å². The molecule has 0 amide bonds. The van der Waals surface area contributed by atoms with Gasteiger partial charge in [-0.3, -0.25) is 0 Å². The monoisotopic (exact) mass is 796 g/mol. The summed E-state index contributed by atoms with van der Waals surface area (Å²) < 4.78 is 37.7. The van der Waals surface area contributed by atoms with Crippen molar-refractivity contribution in [2.24, 2.45) is 0 Å². The van der Waals surface area contributed by atoms with Gasteiger partial charge in [-0.1, -0.05) is 61.5 Å². The van der Waals surface area contributed by atoms with Crippen molar-refractivity contribution in [2.75, 3.05) is 0 Å². The van der Waals surface area contributed by atoms with Crippen LogP contribution in [-0.2, 0) is 0 Å². The number of oxazole rings is 6. The van der Waals surface area contributed by atoms with Gasteiger partial charge in [0.25, 0.3) is 0 Å². The molecule has 11 aromatic rings. The molecule has 0 radical (unpaired) electrons. The van der Waals surface area contributed by atoms with E-state index in [1.54, 1.807) is 0 Å². The molecular weight excluding hydrogens is 757 g/mol. The molecule has 0 N–H and O–H groups in total. The van der Waals surface area contributed by atoms with Crippen LogP contribution in [0.5, 0.6) is 0 Å². The quantitative estimate of drug-likeness (QED) is 0.144. The Morgan fingerprint density at radius 3 is 0.867 bits per heavy atom. The zero-order valence-electron chi connectivity index (χ0n) is 34.4. The predicted octanol–water partition coefficient (Wildman–Crippen LogP) is 13.7. The molecule has 0 spiro atoms. The van der Waals surface area contributed by atoms with Crippen molar-refractivity contribution in [3.63, 3.8) is 0 Å². The van der Waals surface area contributed by atoms with E-state index in [2.05, 4.69) is 55.9 Å². The number of nitrogens with zero attached hydrogens (tertiary/aromatic N) is 6. The molecule has 0 unspecified atom stereocenters. The molecule has 6 heterocycles. The minimum atomic E-state index is 0.148. The lowest BCUT2D eigenvalue weighted by atomic mass is 9.93. The number of aromatic nitrogens is 6. The van der Waals surface area contributed by atoms with Crippen molar-refractivity contribution in [1.82, 2.24) is 29.9 Å². The van der Waals surface area contributed by atoms with Gasteiger partial charge in [-0.2, -0.15) is 0 Å². The second-order valence-electron chi connectivity index (χ2n) is 16.8. The first-order chi connectivity index (χ1) is 28.9. The Balaban J connectivity index is 1.02. The molecule has 0 bridgehead atoms. The van der Waals surface area contributed by atoms with Gasteiger partial charge in [0.1, 0.15) is 33.1 Å². The molecule has 5 aromatic carbocycles. The van der Waals surface area contributed by atoms with Crippen molar-refractivity contribution >= 4 is 66.6 Å². The highest BCUT2D eigenvalue weighted by Gasteiger charge is 2.22. The summed E-state index contributed by atoms with van der Waals surface area (Å²) in [6, 6.07) is 23.6. The van der Waals surface area contributed by atoms with Crippen LogP contribution in [-0.4, -0.2) is 29.9 Å². The standard InChI is InChI=1S/C48H40N6O6/c1-21(2)25-9-26(22(3)4)11-27(10-25)45-51-35-17-36-42(20-41(35)57-45)60-48(54-36)30-13-28(46-52-33-15-31-37(18-39(33)58-46)55-43(49-31)23(5)6)12-29(14-30)47-53-34-16-32-38(19-40(34)59-47)56-44(50-32)24(7)8/h9-24H,1-8H3. The summed E-state index contributed by atoms with van der Waals surface area (Å²) in [6.07, 6.45) is 0. The zero-order chi connectivity index (χ0) is 41.1. The second-order valence-corrected chi connectivity index (χ2v) is 16.8. The largest absolute Gasteiger partial charge is 0.440 e. The summed E-state index contributed by atoms with van der Waals surface area (Å²) >= 11 is 0. The van der Waals surface area contributed by atoms with E-state index >= 15 is 0 Å². The maximum atomic E-state index is 6.48. The molecular formula is C48H40N6O6. The Kier molecular flexibility index (Phi) is 7.94. The molecule has 0 aliphatic carbocycles. The summed E-state index contributed by atoms with van der Waals surface area (Å²) in [5.41, 5.74) is 13.1. The predicted molar refractivity (Wildman–Crippen MR) is 230 cm³/mol. The fraction of sp³-hybridized carbons (Fsp3) is 0.250. The Morgan fingerprint density at radius 2 is 0.567 bits per heavy atom. The van der Waals surface area contributed by atoms with E-state index < -0.39 is 0 Å². The minimum Gasteiger partial charge on any atom is -0.440 e. The molecule has 0 atom stereocenters. The van der Waals surface area contributed by atoms with Gasteiger partial charge in [0.15, 0.2) is 45.3 Å². The third-order valence-electron chi connectivity index (χ3n) is 10.9. The highest BCUT2D eigenvalue weighted by molar-refractivity contribution is 5.94. The molecule has 0 aliphatic rings. The van der Waals surface area contributed by atoms with Gasteiger partial charge in [-0.15, -0.1) is 0 Å². The SMILES string of the molecule is CC(C)c1cc(-c2nc3cc4nc(-c5cc(-c6nc7cc8nc(C(C)C)oc8cc7o6)cc(-c6nc7cc8nc(C(C)C)oc8cc7o6)c5)oc4cc3o2)cc(C(C)C)c1. The topological polar surface area (TPSA) is 156 Å². The average molecular weight is 797 g/mol. The smallest absolute Gasteiger partial charge is 0.227 e. The lowest BCUT2D eigenvalue weighted by Gasteiger charge is -2.13. The van der Waals surface area contributed by atoms with Crippen LogP contribution in [0.1, 0.15) is 102 Å². The van der Waals surface area contributed by atoms with Crippen LogP contribution in [0.25, 0.3) is 112 Å². The Labute approximate surface area is 342 Å². The number of hydrogen-bond acceptors (Lipinski definition) is 12. The molecule has 0 fully saturated rings. The van der Waals surface area contributed by atoms with E-state index in [1.165, 1.54) is 11.1 Å². The van der Waals surface area contributed by atoms with Crippen LogP contribution >= 0.6 is 0 Å². The molecule has 12 heteroatoms. The van der Waals surface area contributed by atoms with Crippen LogP contribution in [0.3, 0.4) is 0 Å². The van der Waals surface area contributed by atoms with Crippen LogP contribution in [0.2, 0.25) is 0 Å². The maximum Gasteiger partial charge on any atom is 0.227 e. The Hall–Kier alpha value is -7.08. The first kappa shape index (κ1) is 36.0. The Morgan fingerprint density at radius 1 is 0.283 bits per heavy atom. The van der Waals surface area contributed by atoms with E-state index in [1.807, 2.05) is 82.3 Å². The van der Waals surface area contributed by atoms with Crippen LogP contribution < -0.4 is 0 Å². The molecule has 11 rings (SSSR count). The molecule has 0 saturated carbocycles. The van der Waals surface area contributed by atoms with Crippen LogP contribution in [0.4, 0.5) is 0 Å². The number of fused-ring (bicyclic) bond motifs is 6. The molecule has 0 aliphatic heterocycles. The minimum absolute atomic E-state index is 0.148. The number of benzene rings is 5. The fourth-order valence-electron chi connectivity index (χ4n) is 7.54. The van der Waals surface area contributed by atoms with Gasteiger partial charge in [-0.25, -0.2) is 29.9 Å². The molecule has 12 nitrogen and oxygen atoms in total. The zero-order valence-corrected chi connectivity index (χ0v) is 34.4. The normalized spacial score (nSPS) is 12.6. The highest BCUT2D eigenvalue weighted by atomic mass is 16.4. The van der Waals surface area contributed by atoms with E-state index in [0.717, 1.165) is 16.6 Å². The first-order valence-corrected chi connectivity index (χ1v) is 20.3. The van der Waals surface area contributed by atoms with Crippen molar-refractivity contribution in [3.8, 4) is 45.8 Å². The van der Waals surface area contributed by atoms with Gasteiger partial charge in [0.05, 0.1) is 0 Å². The van der Waals surface area contributed by atoms with Gasteiger partial charge >= 0.3 is 0 Å². The van der Waals surface area contributed by atoms with E-state index in [4.69, 9.17) is 46.4 Å². The first-order valence-electron chi connectivity index (χ1n) is 20.3. The molecule has 298 valence electrons.